The number of amides is 1. The van der Waals surface area contributed by atoms with E-state index in [2.05, 4.69) is 25.5 Å². The molecule has 4 rings (SSSR count). The van der Waals surface area contributed by atoms with Crippen molar-refractivity contribution >= 4 is 11.9 Å². The summed E-state index contributed by atoms with van der Waals surface area (Å²) < 4.78 is 53.3. The van der Waals surface area contributed by atoms with Crippen molar-refractivity contribution in [1.82, 2.24) is 29.9 Å². The fraction of sp³-hybridized carbons (Fsp3) is 0.409. The van der Waals surface area contributed by atoms with Gasteiger partial charge in [-0.1, -0.05) is 13.0 Å². The van der Waals surface area contributed by atoms with Crippen molar-refractivity contribution in [2.45, 2.75) is 38.9 Å². The van der Waals surface area contributed by atoms with Crippen LogP contribution in [0.3, 0.4) is 0 Å². The van der Waals surface area contributed by atoms with Crippen LogP contribution in [0.1, 0.15) is 41.3 Å². The lowest BCUT2D eigenvalue weighted by Crippen LogP contribution is -2.51. The van der Waals surface area contributed by atoms with Crippen molar-refractivity contribution in [3.63, 3.8) is 0 Å². The molecule has 8 nitrogen and oxygen atoms in total. The van der Waals surface area contributed by atoms with E-state index in [-0.39, 0.29) is 35.7 Å². The largest absolute Gasteiger partial charge is 0.419 e. The van der Waals surface area contributed by atoms with Crippen LogP contribution < -0.4 is 5.32 Å². The van der Waals surface area contributed by atoms with Crippen LogP contribution >= 0.6 is 0 Å². The van der Waals surface area contributed by atoms with E-state index in [1.54, 1.807) is 17.9 Å². The molecule has 0 aliphatic carbocycles. The fourth-order valence-corrected chi connectivity index (χ4v) is 4.18. The van der Waals surface area contributed by atoms with Crippen molar-refractivity contribution in [1.29, 1.82) is 0 Å². The first kappa shape index (κ1) is 23.6. The first-order valence-corrected chi connectivity index (χ1v) is 10.8. The summed E-state index contributed by atoms with van der Waals surface area (Å²) in [4.78, 5) is 23.9. The third-order valence-corrected chi connectivity index (χ3v) is 5.99. The Morgan fingerprint density at radius 3 is 2.50 bits per heavy atom. The van der Waals surface area contributed by atoms with Crippen molar-refractivity contribution in [3.8, 4) is 5.69 Å². The van der Waals surface area contributed by atoms with Gasteiger partial charge in [0.25, 0.3) is 5.91 Å². The fourth-order valence-electron chi connectivity index (χ4n) is 4.18. The Labute approximate surface area is 193 Å². The van der Waals surface area contributed by atoms with Gasteiger partial charge in [0.2, 0.25) is 5.95 Å². The Bertz CT molecular complexity index is 1150. The number of carbonyl (C=O) groups excluding carboxylic acids is 1. The van der Waals surface area contributed by atoms with E-state index in [4.69, 9.17) is 0 Å². The van der Waals surface area contributed by atoms with Gasteiger partial charge < -0.3 is 10.2 Å². The molecule has 1 saturated heterocycles. The third kappa shape index (κ3) is 4.70. The minimum Gasteiger partial charge on any atom is -0.352 e. The molecule has 2 aromatic heterocycles. The van der Waals surface area contributed by atoms with Gasteiger partial charge in [0, 0.05) is 25.5 Å². The SMILES string of the molecule is Cc1ccc(F)c(C(=O)N2CCC[C@@H](C)C2CNc2ncc(C(F)(F)F)cn2)c1-n1nccn1. The molecule has 1 unspecified atom stereocenters. The highest BCUT2D eigenvalue weighted by Crippen LogP contribution is 2.30. The maximum Gasteiger partial charge on any atom is 0.419 e. The van der Waals surface area contributed by atoms with Gasteiger partial charge in [0.1, 0.15) is 17.1 Å². The van der Waals surface area contributed by atoms with Crippen molar-refractivity contribution in [2.75, 3.05) is 18.4 Å². The summed E-state index contributed by atoms with van der Waals surface area (Å²) in [6.07, 6.45) is 1.34. The Hall–Kier alpha value is -3.57. The molecule has 3 heterocycles. The summed E-state index contributed by atoms with van der Waals surface area (Å²) in [5.74, 6) is -1.11. The maximum absolute atomic E-state index is 15.0. The molecular formula is C22H23F4N7O. The second-order valence-corrected chi connectivity index (χ2v) is 8.27. The van der Waals surface area contributed by atoms with Crippen LogP contribution in [0, 0.1) is 18.7 Å². The molecule has 1 amide bonds. The highest BCUT2D eigenvalue weighted by molar-refractivity contribution is 5.98. The van der Waals surface area contributed by atoms with Crippen LogP contribution in [0.15, 0.2) is 36.9 Å². The van der Waals surface area contributed by atoms with Gasteiger partial charge >= 0.3 is 6.18 Å². The zero-order chi connectivity index (χ0) is 24.5. The standard InChI is InChI=1S/C22H23F4N7O/c1-13-4-3-9-32(17(13)12-29-21-27-10-15(11-28-21)22(24,25)26)20(34)18-16(23)6-5-14(2)19(18)33-30-7-8-31-33/h5-8,10-11,13,17H,3-4,9,12H2,1-2H3,(H,27,28,29)/t13-,17?/m1/s1. The topological polar surface area (TPSA) is 88.8 Å². The number of hydrogen-bond acceptors (Lipinski definition) is 6. The molecule has 180 valence electrons. The zero-order valence-corrected chi connectivity index (χ0v) is 18.6. The first-order chi connectivity index (χ1) is 16.2. The number of rotatable bonds is 5. The minimum absolute atomic E-state index is 0.0151. The van der Waals surface area contributed by atoms with Crippen LogP contribution in [0.5, 0.6) is 0 Å². The number of anilines is 1. The normalized spacial score (nSPS) is 18.7. The van der Waals surface area contributed by atoms with E-state index in [1.165, 1.54) is 23.3 Å². The lowest BCUT2D eigenvalue weighted by molar-refractivity contribution is -0.138. The third-order valence-electron chi connectivity index (χ3n) is 5.99. The summed E-state index contributed by atoms with van der Waals surface area (Å²) in [6, 6.07) is 2.45. The van der Waals surface area contributed by atoms with Crippen LogP contribution in [-0.2, 0) is 6.18 Å². The number of halogens is 4. The highest BCUT2D eigenvalue weighted by Gasteiger charge is 2.36. The zero-order valence-electron chi connectivity index (χ0n) is 18.6. The lowest BCUT2D eigenvalue weighted by Gasteiger charge is -2.40. The van der Waals surface area contributed by atoms with E-state index in [0.29, 0.717) is 24.5 Å². The second-order valence-electron chi connectivity index (χ2n) is 8.27. The number of hydrogen-bond donors (Lipinski definition) is 1. The smallest absolute Gasteiger partial charge is 0.352 e. The predicted octanol–water partition coefficient (Wildman–Crippen LogP) is 3.88. The number of aromatic nitrogens is 5. The summed E-state index contributed by atoms with van der Waals surface area (Å²) in [5, 5.41) is 11.1. The molecule has 1 aliphatic rings. The molecule has 0 spiro atoms. The van der Waals surface area contributed by atoms with E-state index < -0.39 is 23.5 Å². The van der Waals surface area contributed by atoms with E-state index in [9.17, 15) is 22.4 Å². The summed E-state index contributed by atoms with van der Waals surface area (Å²) in [7, 11) is 0. The summed E-state index contributed by atoms with van der Waals surface area (Å²) in [5.41, 5.74) is -0.165. The van der Waals surface area contributed by atoms with Gasteiger partial charge in [0.15, 0.2) is 0 Å². The van der Waals surface area contributed by atoms with E-state index in [1.807, 2.05) is 6.92 Å². The summed E-state index contributed by atoms with van der Waals surface area (Å²) >= 11 is 0. The predicted molar refractivity (Wildman–Crippen MR) is 115 cm³/mol. The Balaban J connectivity index is 1.60. The van der Waals surface area contributed by atoms with Crippen LogP contribution in [-0.4, -0.2) is 54.9 Å². The van der Waals surface area contributed by atoms with Gasteiger partial charge in [0.05, 0.1) is 24.0 Å². The first-order valence-electron chi connectivity index (χ1n) is 10.8. The summed E-state index contributed by atoms with van der Waals surface area (Å²) in [6.45, 7) is 4.32. The number of alkyl halides is 3. The Morgan fingerprint density at radius 1 is 1.18 bits per heavy atom. The van der Waals surface area contributed by atoms with Gasteiger partial charge in [-0.25, -0.2) is 14.4 Å². The van der Waals surface area contributed by atoms with Crippen molar-refractivity contribution in [3.05, 3.63) is 59.4 Å². The molecule has 1 aliphatic heterocycles. The highest BCUT2D eigenvalue weighted by atomic mass is 19.4. The number of nitrogens with one attached hydrogen (secondary N) is 1. The lowest BCUT2D eigenvalue weighted by atomic mass is 9.89. The number of likely N-dealkylation sites (tertiary alicyclic amines) is 1. The van der Waals surface area contributed by atoms with Crippen LogP contribution in [0.4, 0.5) is 23.5 Å². The Morgan fingerprint density at radius 2 is 1.85 bits per heavy atom. The van der Waals surface area contributed by atoms with E-state index in [0.717, 1.165) is 12.8 Å². The monoisotopic (exact) mass is 477 g/mol. The molecular weight excluding hydrogens is 454 g/mol. The number of aryl methyl sites for hydroxylation is 1. The number of piperidine rings is 1. The molecule has 1 N–H and O–H groups in total. The van der Waals surface area contributed by atoms with Crippen LogP contribution in [0.25, 0.3) is 5.69 Å². The molecule has 1 aromatic carbocycles. The molecule has 12 heteroatoms. The quantitative estimate of drug-likeness (QED) is 0.562. The molecule has 0 bridgehead atoms. The van der Waals surface area contributed by atoms with Gasteiger partial charge in [-0.15, -0.1) is 0 Å². The Kier molecular flexibility index (Phi) is 6.49. The molecule has 3 aromatic rings. The van der Waals surface area contributed by atoms with Crippen molar-refractivity contribution in [2.24, 2.45) is 5.92 Å². The minimum atomic E-state index is -4.53. The van der Waals surface area contributed by atoms with E-state index >= 15 is 0 Å². The van der Waals surface area contributed by atoms with Gasteiger partial charge in [-0.3, -0.25) is 4.79 Å². The molecule has 2 atom stereocenters. The molecule has 0 saturated carbocycles. The van der Waals surface area contributed by atoms with Gasteiger partial charge in [-0.05, 0) is 37.3 Å². The molecule has 34 heavy (non-hydrogen) atoms. The van der Waals surface area contributed by atoms with Crippen molar-refractivity contribution < 1.29 is 22.4 Å². The second kappa shape index (κ2) is 9.35. The number of carbonyl (C=O) groups is 1. The molecule has 1 fully saturated rings. The van der Waals surface area contributed by atoms with Gasteiger partial charge in [-0.2, -0.15) is 28.2 Å². The molecule has 0 radical (unpaired) electrons. The van der Waals surface area contributed by atoms with Crippen LogP contribution in [0.2, 0.25) is 0 Å². The average Bonchev–Trinajstić information content (AvgIpc) is 3.33. The maximum atomic E-state index is 15.0. The number of nitrogens with zero attached hydrogens (tertiary/aromatic N) is 6. The number of benzene rings is 1. The average molecular weight is 477 g/mol.